The third kappa shape index (κ3) is 6.16. The van der Waals surface area contributed by atoms with Crippen LogP contribution < -0.4 is 4.72 Å². The molecule has 4 rings (SSSR count). The number of ether oxygens (including phenoxy) is 1. The van der Waals surface area contributed by atoms with Gasteiger partial charge in [-0.05, 0) is 79.0 Å². The zero-order valence-corrected chi connectivity index (χ0v) is 20.8. The van der Waals surface area contributed by atoms with Crippen LogP contribution in [0.25, 0.3) is 0 Å². The summed E-state index contributed by atoms with van der Waals surface area (Å²) in [5.74, 6) is 0.795. The largest absolute Gasteiger partial charge is 0.469 e. The number of carbonyl (C=O) groups is 1. The van der Waals surface area contributed by atoms with Crippen LogP contribution in [0.3, 0.4) is 0 Å². The van der Waals surface area contributed by atoms with Crippen molar-refractivity contribution in [2.75, 3.05) is 12.9 Å². The molecule has 1 saturated carbocycles. The molecule has 0 aromatic heterocycles. The summed E-state index contributed by atoms with van der Waals surface area (Å²) < 4.78 is 33.3. The third-order valence-corrected chi connectivity index (χ3v) is 8.62. The van der Waals surface area contributed by atoms with Crippen LogP contribution in [0.1, 0.15) is 57.9 Å². The molecule has 0 saturated heterocycles. The number of benzene rings is 1. The van der Waals surface area contributed by atoms with Gasteiger partial charge in [0.25, 0.3) is 0 Å². The molecule has 1 N–H and O–H groups in total. The van der Waals surface area contributed by atoms with Crippen molar-refractivity contribution in [3.8, 4) is 0 Å². The Bertz CT molecular complexity index is 980. The van der Waals surface area contributed by atoms with Crippen LogP contribution in [0.5, 0.6) is 0 Å². The van der Waals surface area contributed by atoms with E-state index >= 15 is 0 Å². The van der Waals surface area contributed by atoms with Gasteiger partial charge < -0.3 is 4.74 Å². The Hall–Kier alpha value is -1.79. The van der Waals surface area contributed by atoms with E-state index in [0.717, 1.165) is 43.4 Å². The topological polar surface area (TPSA) is 72.5 Å². The van der Waals surface area contributed by atoms with Gasteiger partial charge in [0, 0.05) is 17.1 Å². The van der Waals surface area contributed by atoms with Crippen molar-refractivity contribution >= 4 is 27.6 Å². The Morgan fingerprint density at radius 1 is 1.25 bits per heavy atom. The molecule has 176 valence electrons. The fourth-order valence-electron chi connectivity index (χ4n) is 4.85. The molecule has 0 radical (unpaired) electrons. The highest BCUT2D eigenvalue weighted by molar-refractivity contribution is 7.89. The molecule has 0 spiro atoms. The van der Waals surface area contributed by atoms with E-state index < -0.39 is 10.0 Å². The van der Waals surface area contributed by atoms with E-state index in [9.17, 15) is 13.2 Å². The number of sulfonamides is 1. The summed E-state index contributed by atoms with van der Waals surface area (Å²) in [6, 6.07) is 7.30. The second-order valence-corrected chi connectivity index (χ2v) is 11.7. The molecule has 0 aliphatic heterocycles. The molecule has 1 aromatic carbocycles. The molecular formula is C25H34ClNO4S. The number of esters is 1. The second-order valence-electron chi connectivity index (χ2n) is 9.46. The lowest BCUT2D eigenvalue weighted by atomic mass is 9.48. The van der Waals surface area contributed by atoms with Gasteiger partial charge in [-0.1, -0.05) is 49.7 Å². The lowest BCUT2D eigenvalue weighted by Gasteiger charge is -2.58. The first-order valence-electron chi connectivity index (χ1n) is 11.3. The molecule has 0 amide bonds. The molecule has 3 aliphatic rings. The minimum absolute atomic E-state index is 0.0491. The molecule has 3 aliphatic carbocycles. The summed E-state index contributed by atoms with van der Waals surface area (Å²) in [4.78, 5) is 11.2. The molecule has 32 heavy (non-hydrogen) atoms. The van der Waals surface area contributed by atoms with Crippen molar-refractivity contribution in [3.05, 3.63) is 58.3 Å². The van der Waals surface area contributed by atoms with E-state index in [4.69, 9.17) is 11.6 Å². The summed E-state index contributed by atoms with van der Waals surface area (Å²) in [5.41, 5.74) is 3.28. The first-order valence-corrected chi connectivity index (χ1v) is 13.3. The second kappa shape index (κ2) is 10.4. The minimum atomic E-state index is -3.43. The summed E-state index contributed by atoms with van der Waals surface area (Å²) in [5, 5.41) is 0.645. The van der Waals surface area contributed by atoms with Gasteiger partial charge in [0.05, 0.1) is 12.9 Å². The zero-order chi connectivity index (χ0) is 23.4. The predicted octanol–water partition coefficient (Wildman–Crippen LogP) is 5.41. The van der Waals surface area contributed by atoms with E-state index in [1.54, 1.807) is 12.1 Å². The van der Waals surface area contributed by atoms with Crippen molar-refractivity contribution in [2.45, 2.75) is 58.8 Å². The molecule has 2 unspecified atom stereocenters. The smallest absolute Gasteiger partial charge is 0.305 e. The number of unbranched alkanes of at least 4 members (excludes halogenated alkanes) is 1. The summed E-state index contributed by atoms with van der Waals surface area (Å²) >= 11 is 5.91. The van der Waals surface area contributed by atoms with Gasteiger partial charge in [-0.15, -0.1) is 0 Å². The van der Waals surface area contributed by atoms with Crippen LogP contribution in [0.4, 0.5) is 0 Å². The van der Waals surface area contributed by atoms with Crippen LogP contribution in [0.2, 0.25) is 5.02 Å². The Morgan fingerprint density at radius 2 is 1.97 bits per heavy atom. The van der Waals surface area contributed by atoms with E-state index in [1.165, 1.54) is 12.7 Å². The molecule has 5 nitrogen and oxygen atoms in total. The van der Waals surface area contributed by atoms with Crippen LogP contribution in [0.15, 0.2) is 47.7 Å². The monoisotopic (exact) mass is 479 g/mol. The highest BCUT2D eigenvalue weighted by atomic mass is 35.5. The van der Waals surface area contributed by atoms with E-state index in [2.05, 4.69) is 35.5 Å². The van der Waals surface area contributed by atoms with E-state index in [1.807, 2.05) is 12.1 Å². The first-order chi connectivity index (χ1) is 15.1. The highest BCUT2D eigenvalue weighted by Gasteiger charge is 2.53. The molecular weight excluding hydrogens is 446 g/mol. The molecule has 0 heterocycles. The quantitative estimate of drug-likeness (QED) is 0.261. The predicted molar refractivity (Wildman–Crippen MR) is 129 cm³/mol. The Balaban J connectivity index is 1.64. The van der Waals surface area contributed by atoms with Crippen molar-refractivity contribution in [1.29, 1.82) is 0 Å². The van der Waals surface area contributed by atoms with Crippen molar-refractivity contribution in [2.24, 2.45) is 17.3 Å². The van der Waals surface area contributed by atoms with Crippen LogP contribution in [-0.4, -0.2) is 27.2 Å². The number of fused-ring (bicyclic) bond motifs is 1. The van der Waals surface area contributed by atoms with Crippen LogP contribution >= 0.6 is 11.6 Å². The number of halogens is 1. The van der Waals surface area contributed by atoms with Gasteiger partial charge >= 0.3 is 5.97 Å². The first kappa shape index (κ1) is 24.8. The lowest BCUT2D eigenvalue weighted by Crippen LogP contribution is -2.51. The van der Waals surface area contributed by atoms with Gasteiger partial charge in [-0.3, -0.25) is 9.52 Å². The summed E-state index contributed by atoms with van der Waals surface area (Å²) in [6.45, 7) is 4.58. The SMILES string of the molecule is COC(=O)CCCC=CCC1=C(NS(=O)(=O)CCc2ccc(Cl)cc2)CC2CC1C2(C)C. The number of methoxy groups -OCH3 is 1. The standard InChI is InChI=1S/C25H34ClNO4S/c1-25(2)19-16-22(25)21(8-6-4-5-7-9-24(28)31-3)23(17-19)27-32(29,30)15-14-18-10-12-20(26)13-11-18/h4,6,10-13,19,22,27H,5,7-9,14-17H2,1-3H3. The fraction of sp³-hybridized carbons (Fsp3) is 0.560. The minimum Gasteiger partial charge on any atom is -0.469 e. The van der Waals surface area contributed by atoms with Gasteiger partial charge in [-0.25, -0.2) is 8.42 Å². The Labute approximate surface area is 197 Å². The number of hydrogen-bond donors (Lipinski definition) is 1. The lowest BCUT2D eigenvalue weighted by molar-refractivity contribution is -0.140. The average molecular weight is 480 g/mol. The Morgan fingerprint density at radius 3 is 2.62 bits per heavy atom. The van der Waals surface area contributed by atoms with Gasteiger partial charge in [-0.2, -0.15) is 0 Å². The molecule has 1 aromatic rings. The molecule has 7 heteroatoms. The maximum atomic E-state index is 12.8. The molecule has 2 atom stereocenters. The zero-order valence-electron chi connectivity index (χ0n) is 19.2. The Kier molecular flexibility index (Phi) is 8.10. The fourth-order valence-corrected chi connectivity index (χ4v) is 6.17. The maximum Gasteiger partial charge on any atom is 0.305 e. The van der Waals surface area contributed by atoms with Gasteiger partial charge in [0.15, 0.2) is 0 Å². The number of allylic oxidation sites excluding steroid dienone is 4. The van der Waals surface area contributed by atoms with E-state index in [0.29, 0.717) is 29.7 Å². The van der Waals surface area contributed by atoms with Crippen molar-refractivity contribution in [1.82, 2.24) is 4.72 Å². The number of nitrogens with one attached hydrogen (secondary N) is 1. The summed E-state index contributed by atoms with van der Waals surface area (Å²) in [6.07, 6.45) is 9.29. The highest BCUT2D eigenvalue weighted by Crippen LogP contribution is 2.61. The van der Waals surface area contributed by atoms with Gasteiger partial charge in [0.1, 0.15) is 0 Å². The van der Waals surface area contributed by atoms with Crippen molar-refractivity contribution < 1.29 is 17.9 Å². The van der Waals surface area contributed by atoms with Crippen LogP contribution in [-0.2, 0) is 26.0 Å². The van der Waals surface area contributed by atoms with Crippen molar-refractivity contribution in [3.63, 3.8) is 0 Å². The normalized spacial score (nSPS) is 22.0. The average Bonchev–Trinajstić information content (AvgIpc) is 2.75. The van der Waals surface area contributed by atoms with Crippen LogP contribution in [0, 0.1) is 17.3 Å². The number of rotatable bonds is 11. The summed E-state index contributed by atoms with van der Waals surface area (Å²) in [7, 11) is -2.03. The maximum absolute atomic E-state index is 12.8. The number of aryl methyl sites for hydroxylation is 1. The third-order valence-electron chi connectivity index (χ3n) is 7.06. The number of carbonyl (C=O) groups excluding carboxylic acids is 1. The van der Waals surface area contributed by atoms with Gasteiger partial charge in [0.2, 0.25) is 10.0 Å². The number of hydrogen-bond acceptors (Lipinski definition) is 4. The molecule has 2 bridgehead atoms. The molecule has 1 fully saturated rings. The van der Waals surface area contributed by atoms with E-state index in [-0.39, 0.29) is 17.1 Å².